The fourth-order valence-electron chi connectivity index (χ4n) is 3.07. The number of methoxy groups -OCH3 is 1. The molecule has 0 N–H and O–H groups in total. The van der Waals surface area contributed by atoms with Gasteiger partial charge in [-0.25, -0.2) is 0 Å². The van der Waals surface area contributed by atoms with E-state index in [1.807, 2.05) is 12.1 Å². The lowest BCUT2D eigenvalue weighted by molar-refractivity contribution is -0.189. The van der Waals surface area contributed by atoms with Gasteiger partial charge in [-0.3, -0.25) is 4.90 Å². The van der Waals surface area contributed by atoms with Gasteiger partial charge in [-0.15, -0.1) is 0 Å². The van der Waals surface area contributed by atoms with E-state index in [2.05, 4.69) is 17.0 Å². The number of rotatable bonds is 4. The summed E-state index contributed by atoms with van der Waals surface area (Å²) in [5.41, 5.74) is 1.35. The number of hydrogen-bond acceptors (Lipinski definition) is 4. The molecule has 0 radical (unpaired) electrons. The Morgan fingerprint density at radius 1 is 1.20 bits per heavy atom. The summed E-state index contributed by atoms with van der Waals surface area (Å²) in [4.78, 5) is 2.46. The fraction of sp³-hybridized carbons (Fsp3) is 0.625. The zero-order valence-electron chi connectivity index (χ0n) is 12.1. The van der Waals surface area contributed by atoms with E-state index < -0.39 is 0 Å². The number of likely N-dealkylation sites (tertiary alicyclic amines) is 1. The first-order valence-electron chi connectivity index (χ1n) is 7.43. The van der Waals surface area contributed by atoms with E-state index in [1.165, 1.54) is 5.56 Å². The summed E-state index contributed by atoms with van der Waals surface area (Å²) >= 11 is 0. The molecule has 110 valence electrons. The minimum absolute atomic E-state index is 0.307. The van der Waals surface area contributed by atoms with E-state index in [0.29, 0.717) is 0 Å². The standard InChI is InChI=1S/C16H23NO3/c1-18-15-5-3-14(4-6-15)7-10-17-9-2-8-16(13-17)19-11-12-20-16/h3-6H,2,7-13H2,1H3. The van der Waals surface area contributed by atoms with Crippen molar-refractivity contribution in [1.82, 2.24) is 4.90 Å². The first-order valence-corrected chi connectivity index (χ1v) is 7.43. The molecule has 2 aliphatic rings. The zero-order valence-corrected chi connectivity index (χ0v) is 12.1. The van der Waals surface area contributed by atoms with Crippen molar-refractivity contribution in [3.63, 3.8) is 0 Å². The first kappa shape index (κ1) is 13.9. The Labute approximate surface area is 120 Å². The molecule has 3 rings (SSSR count). The number of benzene rings is 1. The Balaban J connectivity index is 1.52. The molecule has 4 nitrogen and oxygen atoms in total. The van der Waals surface area contributed by atoms with Crippen molar-refractivity contribution in [3.8, 4) is 5.75 Å². The van der Waals surface area contributed by atoms with Gasteiger partial charge >= 0.3 is 0 Å². The van der Waals surface area contributed by atoms with Crippen LogP contribution in [0.2, 0.25) is 0 Å². The number of hydrogen-bond donors (Lipinski definition) is 0. The average Bonchev–Trinajstić information content (AvgIpc) is 2.93. The molecule has 1 aromatic carbocycles. The molecule has 0 bridgehead atoms. The van der Waals surface area contributed by atoms with Crippen molar-refractivity contribution in [2.75, 3.05) is 40.0 Å². The van der Waals surface area contributed by atoms with Crippen LogP contribution < -0.4 is 4.74 Å². The monoisotopic (exact) mass is 277 g/mol. The van der Waals surface area contributed by atoms with Crippen LogP contribution in [0.4, 0.5) is 0 Å². The topological polar surface area (TPSA) is 30.9 Å². The predicted molar refractivity (Wildman–Crippen MR) is 77.0 cm³/mol. The van der Waals surface area contributed by atoms with Crippen LogP contribution in [0.3, 0.4) is 0 Å². The van der Waals surface area contributed by atoms with E-state index in [0.717, 1.165) is 57.9 Å². The van der Waals surface area contributed by atoms with Crippen LogP contribution in [0.25, 0.3) is 0 Å². The highest BCUT2D eigenvalue weighted by atomic mass is 16.7. The molecule has 2 heterocycles. The number of piperidine rings is 1. The summed E-state index contributed by atoms with van der Waals surface area (Å²) in [6, 6.07) is 8.33. The van der Waals surface area contributed by atoms with Gasteiger partial charge in [-0.1, -0.05) is 12.1 Å². The quantitative estimate of drug-likeness (QED) is 0.843. The van der Waals surface area contributed by atoms with Gasteiger partial charge in [-0.05, 0) is 37.1 Å². The molecule has 0 saturated carbocycles. The second-order valence-corrected chi connectivity index (χ2v) is 5.59. The normalized spacial score (nSPS) is 22.2. The predicted octanol–water partition coefficient (Wildman–Crippen LogP) is 2.08. The summed E-state index contributed by atoms with van der Waals surface area (Å²) in [6.07, 6.45) is 3.24. The Bertz CT molecular complexity index is 426. The summed E-state index contributed by atoms with van der Waals surface area (Å²) in [5.74, 6) is 0.608. The van der Waals surface area contributed by atoms with E-state index in [9.17, 15) is 0 Å². The lowest BCUT2D eigenvalue weighted by Crippen LogP contribution is -2.49. The Kier molecular flexibility index (Phi) is 4.24. The second kappa shape index (κ2) is 6.12. The summed E-state index contributed by atoms with van der Waals surface area (Å²) in [5, 5.41) is 0. The summed E-state index contributed by atoms with van der Waals surface area (Å²) in [7, 11) is 1.70. The molecule has 1 spiro atoms. The van der Waals surface area contributed by atoms with Gasteiger partial charge in [0.1, 0.15) is 5.75 Å². The lowest BCUT2D eigenvalue weighted by Gasteiger charge is -2.38. The third-order valence-corrected chi connectivity index (χ3v) is 4.19. The fourth-order valence-corrected chi connectivity index (χ4v) is 3.07. The van der Waals surface area contributed by atoms with Crippen LogP contribution in [-0.4, -0.2) is 50.6 Å². The van der Waals surface area contributed by atoms with Gasteiger partial charge in [0.2, 0.25) is 0 Å². The van der Waals surface area contributed by atoms with Crippen molar-refractivity contribution >= 4 is 0 Å². The van der Waals surface area contributed by atoms with Crippen molar-refractivity contribution in [2.45, 2.75) is 25.0 Å². The maximum Gasteiger partial charge on any atom is 0.181 e. The summed E-state index contributed by atoms with van der Waals surface area (Å²) in [6.45, 7) is 4.59. The smallest absolute Gasteiger partial charge is 0.181 e. The molecule has 0 unspecified atom stereocenters. The van der Waals surface area contributed by atoms with Gasteiger partial charge in [0, 0.05) is 13.0 Å². The molecule has 0 atom stereocenters. The zero-order chi connectivity index (χ0) is 13.8. The molecule has 2 fully saturated rings. The third kappa shape index (κ3) is 3.14. The van der Waals surface area contributed by atoms with E-state index in [1.54, 1.807) is 7.11 Å². The van der Waals surface area contributed by atoms with Gasteiger partial charge in [0.05, 0.1) is 26.9 Å². The Morgan fingerprint density at radius 2 is 1.95 bits per heavy atom. The van der Waals surface area contributed by atoms with Crippen LogP contribution in [-0.2, 0) is 15.9 Å². The molecule has 2 aliphatic heterocycles. The molecule has 0 aromatic heterocycles. The number of ether oxygens (including phenoxy) is 3. The molecule has 20 heavy (non-hydrogen) atoms. The van der Waals surface area contributed by atoms with Crippen molar-refractivity contribution < 1.29 is 14.2 Å². The largest absolute Gasteiger partial charge is 0.497 e. The van der Waals surface area contributed by atoms with Crippen LogP contribution in [0.5, 0.6) is 5.75 Å². The van der Waals surface area contributed by atoms with Gasteiger partial charge in [0.15, 0.2) is 5.79 Å². The Hall–Kier alpha value is -1.10. The average molecular weight is 277 g/mol. The molecule has 0 aliphatic carbocycles. The van der Waals surface area contributed by atoms with Crippen LogP contribution in [0.15, 0.2) is 24.3 Å². The van der Waals surface area contributed by atoms with E-state index in [-0.39, 0.29) is 5.79 Å². The second-order valence-electron chi connectivity index (χ2n) is 5.59. The Morgan fingerprint density at radius 3 is 2.65 bits per heavy atom. The van der Waals surface area contributed by atoms with Gasteiger partial charge in [0.25, 0.3) is 0 Å². The van der Waals surface area contributed by atoms with E-state index in [4.69, 9.17) is 14.2 Å². The molecule has 1 aromatic rings. The first-order chi connectivity index (χ1) is 9.80. The minimum atomic E-state index is -0.307. The van der Waals surface area contributed by atoms with Gasteiger partial charge < -0.3 is 14.2 Å². The van der Waals surface area contributed by atoms with Crippen molar-refractivity contribution in [3.05, 3.63) is 29.8 Å². The van der Waals surface area contributed by atoms with E-state index >= 15 is 0 Å². The number of nitrogens with zero attached hydrogens (tertiary/aromatic N) is 1. The molecule has 4 heteroatoms. The maximum atomic E-state index is 5.81. The molecule has 0 amide bonds. The van der Waals surface area contributed by atoms with Crippen molar-refractivity contribution in [2.24, 2.45) is 0 Å². The molecular formula is C16H23NO3. The highest BCUT2D eigenvalue weighted by Gasteiger charge is 2.40. The van der Waals surface area contributed by atoms with Crippen LogP contribution >= 0.6 is 0 Å². The SMILES string of the molecule is COc1ccc(CCN2CCCC3(C2)OCCO3)cc1. The maximum absolute atomic E-state index is 5.81. The van der Waals surface area contributed by atoms with Crippen molar-refractivity contribution in [1.29, 1.82) is 0 Å². The molecular weight excluding hydrogens is 254 g/mol. The lowest BCUT2D eigenvalue weighted by atomic mass is 10.0. The molecule has 2 saturated heterocycles. The highest BCUT2D eigenvalue weighted by molar-refractivity contribution is 5.27. The highest BCUT2D eigenvalue weighted by Crippen LogP contribution is 2.30. The third-order valence-electron chi connectivity index (χ3n) is 4.19. The van der Waals surface area contributed by atoms with Crippen LogP contribution in [0.1, 0.15) is 18.4 Å². The minimum Gasteiger partial charge on any atom is -0.497 e. The van der Waals surface area contributed by atoms with Gasteiger partial charge in [-0.2, -0.15) is 0 Å². The van der Waals surface area contributed by atoms with Crippen LogP contribution in [0, 0.1) is 0 Å². The summed E-state index contributed by atoms with van der Waals surface area (Å²) < 4.78 is 16.8.